The predicted octanol–water partition coefficient (Wildman–Crippen LogP) is 4.56. The van der Waals surface area contributed by atoms with Crippen LogP contribution in [-0.2, 0) is 0 Å². The lowest BCUT2D eigenvalue weighted by Crippen LogP contribution is -1.90. The van der Waals surface area contributed by atoms with Crippen molar-refractivity contribution in [2.75, 3.05) is 5.73 Å². The number of nitrogen functional groups attached to an aromatic ring is 1. The van der Waals surface area contributed by atoms with E-state index < -0.39 is 5.76 Å². The lowest BCUT2D eigenvalue weighted by atomic mass is 10.0. The van der Waals surface area contributed by atoms with E-state index >= 15 is 0 Å². The van der Waals surface area contributed by atoms with Gasteiger partial charge in [0.2, 0.25) is 0 Å². The van der Waals surface area contributed by atoms with Gasteiger partial charge in [-0.2, -0.15) is 8.78 Å². The Morgan fingerprint density at radius 3 is 2.33 bits per heavy atom. The summed E-state index contributed by atoms with van der Waals surface area (Å²) >= 11 is 0.545. The molecule has 94 valence electrons. The number of benzene rings is 2. The van der Waals surface area contributed by atoms with Crippen molar-refractivity contribution in [2.24, 2.45) is 0 Å². The van der Waals surface area contributed by atoms with Gasteiger partial charge in [-0.25, -0.2) is 0 Å². The molecule has 0 unspecified atom stereocenters. The van der Waals surface area contributed by atoms with Crippen molar-refractivity contribution in [2.45, 2.75) is 17.6 Å². The van der Waals surface area contributed by atoms with Crippen molar-refractivity contribution in [3.8, 4) is 11.1 Å². The van der Waals surface area contributed by atoms with Crippen LogP contribution in [0.1, 0.15) is 5.56 Å². The monoisotopic (exact) mass is 265 g/mol. The third-order valence-electron chi connectivity index (χ3n) is 2.60. The van der Waals surface area contributed by atoms with Crippen molar-refractivity contribution in [3.63, 3.8) is 0 Å². The number of anilines is 1. The molecule has 0 bridgehead atoms. The molecule has 0 spiro atoms. The summed E-state index contributed by atoms with van der Waals surface area (Å²) in [7, 11) is 0. The van der Waals surface area contributed by atoms with Crippen LogP contribution < -0.4 is 5.73 Å². The van der Waals surface area contributed by atoms with Crippen LogP contribution in [0.3, 0.4) is 0 Å². The fraction of sp³-hybridized carbons (Fsp3) is 0.143. The maximum Gasteiger partial charge on any atom is 0.288 e. The van der Waals surface area contributed by atoms with Gasteiger partial charge in [0.1, 0.15) is 0 Å². The zero-order valence-corrected chi connectivity index (χ0v) is 10.7. The molecule has 2 N–H and O–H groups in total. The molecule has 0 amide bonds. The van der Waals surface area contributed by atoms with Crippen LogP contribution in [0.15, 0.2) is 47.4 Å². The highest BCUT2D eigenvalue weighted by Crippen LogP contribution is 2.30. The summed E-state index contributed by atoms with van der Waals surface area (Å²) in [5.41, 5.74) is 9.59. The summed E-state index contributed by atoms with van der Waals surface area (Å²) in [5, 5.41) is 0. The highest BCUT2D eigenvalue weighted by atomic mass is 32.2. The smallest absolute Gasteiger partial charge is 0.288 e. The second-order valence-corrected chi connectivity index (χ2v) is 5.06. The third-order valence-corrected chi connectivity index (χ3v) is 3.32. The van der Waals surface area contributed by atoms with Gasteiger partial charge in [0, 0.05) is 16.1 Å². The number of hydrogen-bond donors (Lipinski definition) is 1. The molecule has 0 aliphatic rings. The van der Waals surface area contributed by atoms with E-state index in [0.29, 0.717) is 22.3 Å². The van der Waals surface area contributed by atoms with Crippen molar-refractivity contribution >= 4 is 17.4 Å². The molecule has 0 aliphatic heterocycles. The lowest BCUT2D eigenvalue weighted by molar-refractivity contribution is 0.252. The first-order valence-electron chi connectivity index (χ1n) is 5.47. The summed E-state index contributed by atoms with van der Waals surface area (Å²) in [6.07, 6.45) is 0. The molecule has 18 heavy (non-hydrogen) atoms. The Morgan fingerprint density at radius 1 is 1.06 bits per heavy atom. The van der Waals surface area contributed by atoms with Crippen molar-refractivity contribution in [3.05, 3.63) is 48.0 Å². The number of thioether (sulfide) groups is 1. The highest BCUT2D eigenvalue weighted by Gasteiger charge is 2.06. The van der Waals surface area contributed by atoms with E-state index in [1.54, 1.807) is 12.1 Å². The summed E-state index contributed by atoms with van der Waals surface area (Å²) in [4.78, 5) is 0.556. The zero-order valence-electron chi connectivity index (χ0n) is 9.86. The van der Waals surface area contributed by atoms with Gasteiger partial charge in [-0.05, 0) is 36.8 Å². The van der Waals surface area contributed by atoms with Crippen LogP contribution in [0.2, 0.25) is 0 Å². The van der Waals surface area contributed by atoms with E-state index in [1.807, 2.05) is 37.3 Å². The van der Waals surface area contributed by atoms with E-state index in [-0.39, 0.29) is 0 Å². The first-order valence-corrected chi connectivity index (χ1v) is 6.35. The molecule has 0 saturated heterocycles. The maximum absolute atomic E-state index is 12.2. The van der Waals surface area contributed by atoms with Crippen molar-refractivity contribution in [1.29, 1.82) is 0 Å². The van der Waals surface area contributed by atoms with E-state index in [9.17, 15) is 8.78 Å². The molecule has 0 atom stereocenters. The number of nitrogens with two attached hydrogens (primary N) is 1. The molecule has 1 nitrogen and oxygen atoms in total. The lowest BCUT2D eigenvalue weighted by Gasteiger charge is -2.08. The first kappa shape index (κ1) is 12.9. The SMILES string of the molecule is Cc1ccc(N)c(-c2ccc(SC(F)F)cc2)c1. The largest absolute Gasteiger partial charge is 0.398 e. The van der Waals surface area contributed by atoms with Crippen LogP contribution in [-0.4, -0.2) is 5.76 Å². The zero-order chi connectivity index (χ0) is 13.1. The van der Waals surface area contributed by atoms with Gasteiger partial charge in [-0.15, -0.1) is 0 Å². The van der Waals surface area contributed by atoms with Crippen LogP contribution in [0.4, 0.5) is 14.5 Å². The average molecular weight is 265 g/mol. The standard InChI is InChI=1S/C14H13F2NS/c1-9-2-7-13(17)12(8-9)10-3-5-11(6-4-10)18-14(15)16/h2-8,14H,17H2,1H3. The molecule has 0 aliphatic carbocycles. The van der Waals surface area contributed by atoms with Gasteiger partial charge in [-0.1, -0.05) is 35.5 Å². The molecular weight excluding hydrogens is 252 g/mol. The molecule has 0 radical (unpaired) electrons. The van der Waals surface area contributed by atoms with Crippen LogP contribution in [0.5, 0.6) is 0 Å². The van der Waals surface area contributed by atoms with Crippen LogP contribution in [0.25, 0.3) is 11.1 Å². The Hall–Kier alpha value is -1.55. The summed E-state index contributed by atoms with van der Waals surface area (Å²) in [6, 6.07) is 12.8. The van der Waals surface area contributed by atoms with Gasteiger partial charge in [0.15, 0.2) is 0 Å². The number of alkyl halides is 2. The summed E-state index contributed by atoms with van der Waals surface area (Å²) < 4.78 is 24.4. The molecule has 2 aromatic carbocycles. The Morgan fingerprint density at radius 2 is 1.72 bits per heavy atom. The Labute approximate surface area is 109 Å². The van der Waals surface area contributed by atoms with E-state index in [2.05, 4.69) is 0 Å². The molecule has 0 aromatic heterocycles. The van der Waals surface area contributed by atoms with Gasteiger partial charge in [0.25, 0.3) is 5.76 Å². The van der Waals surface area contributed by atoms with Gasteiger partial charge in [0.05, 0.1) is 0 Å². The molecule has 4 heteroatoms. The van der Waals surface area contributed by atoms with Gasteiger partial charge in [-0.3, -0.25) is 0 Å². The molecule has 2 rings (SSSR count). The average Bonchev–Trinajstić information content (AvgIpc) is 2.33. The minimum absolute atomic E-state index is 0.545. The summed E-state index contributed by atoms with van der Waals surface area (Å²) in [5.74, 6) is -2.39. The Kier molecular flexibility index (Phi) is 3.87. The van der Waals surface area contributed by atoms with Gasteiger partial charge < -0.3 is 5.73 Å². The second kappa shape index (κ2) is 5.40. The van der Waals surface area contributed by atoms with Crippen LogP contribution in [0, 0.1) is 6.92 Å². The number of halogens is 2. The second-order valence-electron chi connectivity index (χ2n) is 3.99. The molecule has 0 saturated carbocycles. The minimum Gasteiger partial charge on any atom is -0.398 e. The predicted molar refractivity (Wildman–Crippen MR) is 72.9 cm³/mol. The Balaban J connectivity index is 2.31. The maximum atomic E-state index is 12.2. The number of rotatable bonds is 3. The number of aryl methyl sites for hydroxylation is 1. The van der Waals surface area contributed by atoms with Crippen LogP contribution >= 0.6 is 11.8 Å². The molecule has 2 aromatic rings. The molecular formula is C14H13F2NS. The fourth-order valence-electron chi connectivity index (χ4n) is 1.74. The summed E-state index contributed by atoms with van der Waals surface area (Å²) in [6.45, 7) is 1.99. The normalized spacial score (nSPS) is 10.9. The third kappa shape index (κ3) is 3.01. The highest BCUT2D eigenvalue weighted by molar-refractivity contribution is 7.99. The van der Waals surface area contributed by atoms with Crippen molar-refractivity contribution in [1.82, 2.24) is 0 Å². The first-order chi connectivity index (χ1) is 8.56. The van der Waals surface area contributed by atoms with E-state index in [4.69, 9.17) is 5.73 Å². The molecule has 0 fully saturated rings. The van der Waals surface area contributed by atoms with Crippen molar-refractivity contribution < 1.29 is 8.78 Å². The van der Waals surface area contributed by atoms with E-state index in [0.717, 1.165) is 16.7 Å². The minimum atomic E-state index is -2.39. The number of hydrogen-bond acceptors (Lipinski definition) is 2. The van der Waals surface area contributed by atoms with E-state index in [1.165, 1.54) is 0 Å². The topological polar surface area (TPSA) is 26.0 Å². The quantitative estimate of drug-likeness (QED) is 0.650. The fourth-order valence-corrected chi connectivity index (χ4v) is 2.24. The molecule has 0 heterocycles. The Bertz CT molecular complexity index is 538. The van der Waals surface area contributed by atoms with Gasteiger partial charge >= 0.3 is 0 Å².